The molecule has 0 unspecified atom stereocenters. The molecule has 0 spiro atoms. The summed E-state index contributed by atoms with van der Waals surface area (Å²) in [5.74, 6) is 1.17. The number of hydrogen-bond donors (Lipinski definition) is 0. The highest BCUT2D eigenvalue weighted by Gasteiger charge is 2.12. The van der Waals surface area contributed by atoms with Gasteiger partial charge in [-0.15, -0.1) is 10.2 Å². The van der Waals surface area contributed by atoms with Gasteiger partial charge in [-0.05, 0) is 36.8 Å². The third kappa shape index (κ3) is 3.19. The molecule has 2 heterocycles. The Labute approximate surface area is 153 Å². The maximum atomic E-state index is 11.5. The first-order valence-corrected chi connectivity index (χ1v) is 8.22. The van der Waals surface area contributed by atoms with Crippen LogP contribution in [0, 0.1) is 6.92 Å². The average Bonchev–Trinajstić information content (AvgIpc) is 3.08. The molecular formula is C19H13ClN2O4. The highest BCUT2D eigenvalue weighted by atomic mass is 35.5. The van der Waals surface area contributed by atoms with Crippen LogP contribution in [-0.4, -0.2) is 10.2 Å². The topological polar surface area (TPSA) is 78.4 Å². The number of benzene rings is 2. The standard InChI is InChI=1S/C19H13ClN2O4/c1-11-8-18(23)25-16-9-12(6-7-13(11)16)24-10-17-21-22-19(26-17)14-4-2-3-5-15(14)20/h2-9H,10H2,1H3. The molecule has 4 aromatic rings. The Morgan fingerprint density at radius 2 is 1.92 bits per heavy atom. The number of fused-ring (bicyclic) bond motifs is 1. The zero-order chi connectivity index (χ0) is 18.1. The fourth-order valence-electron chi connectivity index (χ4n) is 2.60. The summed E-state index contributed by atoms with van der Waals surface area (Å²) < 4.78 is 16.5. The van der Waals surface area contributed by atoms with Gasteiger partial charge in [-0.1, -0.05) is 23.7 Å². The summed E-state index contributed by atoms with van der Waals surface area (Å²) >= 11 is 6.13. The Morgan fingerprint density at radius 1 is 1.08 bits per heavy atom. The van der Waals surface area contributed by atoms with Gasteiger partial charge in [0.05, 0.1) is 10.6 Å². The molecule has 0 aliphatic rings. The van der Waals surface area contributed by atoms with Crippen LogP contribution in [-0.2, 0) is 6.61 Å². The van der Waals surface area contributed by atoms with Gasteiger partial charge in [-0.25, -0.2) is 4.79 Å². The molecule has 0 bridgehead atoms. The summed E-state index contributed by atoms with van der Waals surface area (Å²) in [7, 11) is 0. The number of hydrogen-bond acceptors (Lipinski definition) is 6. The lowest BCUT2D eigenvalue weighted by atomic mass is 10.1. The molecule has 26 heavy (non-hydrogen) atoms. The van der Waals surface area contributed by atoms with E-state index >= 15 is 0 Å². The maximum Gasteiger partial charge on any atom is 0.336 e. The number of aromatic nitrogens is 2. The van der Waals surface area contributed by atoms with Crippen LogP contribution in [0.2, 0.25) is 5.02 Å². The maximum absolute atomic E-state index is 11.5. The second kappa shape index (κ2) is 6.65. The quantitative estimate of drug-likeness (QED) is 0.497. The molecular weight excluding hydrogens is 356 g/mol. The van der Waals surface area contributed by atoms with Crippen molar-refractivity contribution in [1.82, 2.24) is 10.2 Å². The van der Waals surface area contributed by atoms with E-state index in [2.05, 4.69) is 10.2 Å². The Kier molecular flexibility index (Phi) is 4.18. The minimum Gasteiger partial charge on any atom is -0.484 e. The molecule has 6 nitrogen and oxygen atoms in total. The van der Waals surface area contributed by atoms with Gasteiger partial charge in [-0.3, -0.25) is 0 Å². The highest BCUT2D eigenvalue weighted by Crippen LogP contribution is 2.27. The van der Waals surface area contributed by atoms with E-state index in [9.17, 15) is 4.79 Å². The zero-order valence-corrected chi connectivity index (χ0v) is 14.5. The smallest absolute Gasteiger partial charge is 0.336 e. The Bertz CT molecular complexity index is 1150. The number of aryl methyl sites for hydroxylation is 1. The van der Waals surface area contributed by atoms with E-state index in [1.54, 1.807) is 24.3 Å². The normalized spacial score (nSPS) is 11.0. The number of rotatable bonds is 4. The van der Waals surface area contributed by atoms with E-state index in [0.717, 1.165) is 10.9 Å². The summed E-state index contributed by atoms with van der Waals surface area (Å²) in [4.78, 5) is 11.5. The van der Waals surface area contributed by atoms with Crippen molar-refractivity contribution in [2.45, 2.75) is 13.5 Å². The van der Waals surface area contributed by atoms with Gasteiger partial charge in [0.1, 0.15) is 11.3 Å². The molecule has 0 amide bonds. The average molecular weight is 369 g/mol. The molecule has 0 saturated carbocycles. The second-order valence-corrected chi connectivity index (χ2v) is 6.08. The Hall–Kier alpha value is -3.12. The van der Waals surface area contributed by atoms with Crippen LogP contribution >= 0.6 is 11.6 Å². The fraction of sp³-hybridized carbons (Fsp3) is 0.105. The summed E-state index contributed by atoms with van der Waals surface area (Å²) in [5.41, 5.74) is 1.59. The van der Waals surface area contributed by atoms with E-state index in [0.29, 0.717) is 33.7 Å². The first-order chi connectivity index (χ1) is 12.6. The van der Waals surface area contributed by atoms with Crippen LogP contribution < -0.4 is 10.4 Å². The summed E-state index contributed by atoms with van der Waals surface area (Å²) in [6, 6.07) is 14.0. The molecule has 7 heteroatoms. The molecule has 130 valence electrons. The van der Waals surface area contributed by atoms with Gasteiger partial charge >= 0.3 is 5.63 Å². The van der Waals surface area contributed by atoms with Crippen LogP contribution in [0.4, 0.5) is 0 Å². The molecule has 4 rings (SSSR count). The first kappa shape index (κ1) is 16.4. The van der Waals surface area contributed by atoms with Gasteiger partial charge in [0.15, 0.2) is 6.61 Å². The van der Waals surface area contributed by atoms with Crippen LogP contribution in [0.5, 0.6) is 5.75 Å². The fourth-order valence-corrected chi connectivity index (χ4v) is 2.81. The first-order valence-electron chi connectivity index (χ1n) is 7.85. The minimum absolute atomic E-state index is 0.0823. The molecule has 0 aliphatic heterocycles. The number of ether oxygens (including phenoxy) is 1. The third-order valence-electron chi connectivity index (χ3n) is 3.86. The highest BCUT2D eigenvalue weighted by molar-refractivity contribution is 6.33. The van der Waals surface area contributed by atoms with Gasteiger partial charge in [-0.2, -0.15) is 0 Å². The van der Waals surface area contributed by atoms with Gasteiger partial charge < -0.3 is 13.6 Å². The SMILES string of the molecule is Cc1cc(=O)oc2cc(OCc3nnc(-c4ccccc4Cl)o3)ccc12. The lowest BCUT2D eigenvalue weighted by Gasteiger charge is -2.05. The molecule has 2 aromatic carbocycles. The summed E-state index contributed by atoms with van der Waals surface area (Å²) in [6.07, 6.45) is 0. The lowest BCUT2D eigenvalue weighted by Crippen LogP contribution is -1.99. The minimum atomic E-state index is -0.395. The predicted molar refractivity (Wildman–Crippen MR) is 96.3 cm³/mol. The molecule has 0 saturated heterocycles. The van der Waals surface area contributed by atoms with Gasteiger partial charge in [0.25, 0.3) is 5.89 Å². The summed E-state index contributed by atoms with van der Waals surface area (Å²) in [5, 5.41) is 9.35. The largest absolute Gasteiger partial charge is 0.484 e. The van der Waals surface area contributed by atoms with Crippen LogP contribution in [0.1, 0.15) is 11.5 Å². The van der Waals surface area contributed by atoms with E-state index in [1.807, 2.05) is 25.1 Å². The third-order valence-corrected chi connectivity index (χ3v) is 4.19. The second-order valence-electron chi connectivity index (χ2n) is 5.68. The van der Waals surface area contributed by atoms with E-state index in [-0.39, 0.29) is 6.61 Å². The van der Waals surface area contributed by atoms with Gasteiger partial charge in [0, 0.05) is 17.5 Å². The van der Waals surface area contributed by atoms with E-state index in [1.165, 1.54) is 6.07 Å². The van der Waals surface area contributed by atoms with Crippen molar-refractivity contribution in [3.63, 3.8) is 0 Å². The Morgan fingerprint density at radius 3 is 2.77 bits per heavy atom. The number of halogens is 1. The van der Waals surface area contributed by atoms with E-state index in [4.69, 9.17) is 25.2 Å². The van der Waals surface area contributed by atoms with Crippen molar-refractivity contribution in [3.8, 4) is 17.2 Å². The molecule has 0 atom stereocenters. The van der Waals surface area contributed by atoms with Crippen LogP contribution in [0.3, 0.4) is 0 Å². The van der Waals surface area contributed by atoms with Crippen molar-refractivity contribution >= 4 is 22.6 Å². The van der Waals surface area contributed by atoms with Gasteiger partial charge in [0.2, 0.25) is 5.89 Å². The van der Waals surface area contributed by atoms with Crippen molar-refractivity contribution in [1.29, 1.82) is 0 Å². The van der Waals surface area contributed by atoms with Crippen molar-refractivity contribution in [2.24, 2.45) is 0 Å². The Balaban J connectivity index is 1.54. The monoisotopic (exact) mass is 368 g/mol. The summed E-state index contributed by atoms with van der Waals surface area (Å²) in [6.45, 7) is 1.94. The zero-order valence-electron chi connectivity index (χ0n) is 13.7. The van der Waals surface area contributed by atoms with Crippen molar-refractivity contribution in [3.05, 3.63) is 75.4 Å². The molecule has 2 aromatic heterocycles. The van der Waals surface area contributed by atoms with Crippen molar-refractivity contribution in [2.75, 3.05) is 0 Å². The molecule has 0 fully saturated rings. The molecule has 0 aliphatic carbocycles. The lowest BCUT2D eigenvalue weighted by molar-refractivity contribution is 0.264. The molecule has 0 N–H and O–H groups in total. The molecule has 0 radical (unpaired) electrons. The van der Waals surface area contributed by atoms with Crippen LogP contribution in [0.25, 0.3) is 22.4 Å². The number of nitrogens with zero attached hydrogens (tertiary/aromatic N) is 2. The predicted octanol–water partition coefficient (Wildman–Crippen LogP) is 4.38. The van der Waals surface area contributed by atoms with Crippen molar-refractivity contribution < 1.29 is 13.6 Å². The van der Waals surface area contributed by atoms with E-state index < -0.39 is 5.63 Å². The van der Waals surface area contributed by atoms with Crippen LogP contribution in [0.15, 0.2) is 62.2 Å².